The maximum absolute atomic E-state index is 11.7. The van der Waals surface area contributed by atoms with Crippen LogP contribution in [0.5, 0.6) is 0 Å². The van der Waals surface area contributed by atoms with Crippen LogP contribution in [0, 0.1) is 5.41 Å². The third-order valence-corrected chi connectivity index (χ3v) is 2.65. The van der Waals surface area contributed by atoms with Crippen LogP contribution in [0.2, 0.25) is 0 Å². The standard InChI is InChI=1S/C10H16O5/c1-2-15-9(13)10(7-8(11)12)3-5-14-6-4-10/h2-7H2,1H3,(H,11,12). The molecule has 1 N–H and O–H groups in total. The smallest absolute Gasteiger partial charge is 0.312 e. The Hall–Kier alpha value is -1.10. The highest BCUT2D eigenvalue weighted by molar-refractivity contribution is 5.82. The fourth-order valence-electron chi connectivity index (χ4n) is 1.79. The normalized spacial score (nSPS) is 19.5. The van der Waals surface area contributed by atoms with Gasteiger partial charge in [0.05, 0.1) is 18.4 Å². The van der Waals surface area contributed by atoms with Crippen LogP contribution in [0.1, 0.15) is 26.2 Å². The lowest BCUT2D eigenvalue weighted by molar-refractivity contribution is -0.166. The van der Waals surface area contributed by atoms with Gasteiger partial charge in [0.25, 0.3) is 0 Å². The summed E-state index contributed by atoms with van der Waals surface area (Å²) in [4.78, 5) is 22.4. The van der Waals surface area contributed by atoms with Crippen molar-refractivity contribution in [2.24, 2.45) is 5.41 Å². The first kappa shape index (κ1) is 12.0. The summed E-state index contributed by atoms with van der Waals surface area (Å²) in [5, 5.41) is 8.80. The van der Waals surface area contributed by atoms with Crippen molar-refractivity contribution in [3.8, 4) is 0 Å². The molecule has 15 heavy (non-hydrogen) atoms. The lowest BCUT2D eigenvalue weighted by atomic mass is 9.77. The summed E-state index contributed by atoms with van der Waals surface area (Å²) in [6.45, 7) is 2.84. The second kappa shape index (κ2) is 5.11. The van der Waals surface area contributed by atoms with Gasteiger partial charge in [0.1, 0.15) is 0 Å². The number of carboxylic acids is 1. The molecule has 5 nitrogen and oxygen atoms in total. The lowest BCUT2D eigenvalue weighted by Gasteiger charge is -2.33. The zero-order valence-electron chi connectivity index (χ0n) is 8.82. The predicted molar refractivity (Wildman–Crippen MR) is 51.4 cm³/mol. The Labute approximate surface area is 88.4 Å². The molecule has 1 heterocycles. The van der Waals surface area contributed by atoms with E-state index in [2.05, 4.69) is 0 Å². The van der Waals surface area contributed by atoms with Crippen molar-refractivity contribution in [2.45, 2.75) is 26.2 Å². The highest BCUT2D eigenvalue weighted by Gasteiger charge is 2.43. The fourth-order valence-corrected chi connectivity index (χ4v) is 1.79. The number of hydrogen-bond donors (Lipinski definition) is 1. The largest absolute Gasteiger partial charge is 0.481 e. The van der Waals surface area contributed by atoms with E-state index in [1.807, 2.05) is 0 Å². The molecule has 86 valence electrons. The van der Waals surface area contributed by atoms with Gasteiger partial charge in [-0.2, -0.15) is 0 Å². The minimum Gasteiger partial charge on any atom is -0.481 e. The van der Waals surface area contributed by atoms with Crippen molar-refractivity contribution in [2.75, 3.05) is 19.8 Å². The van der Waals surface area contributed by atoms with Crippen LogP contribution < -0.4 is 0 Å². The van der Waals surface area contributed by atoms with Crippen molar-refractivity contribution in [3.05, 3.63) is 0 Å². The zero-order valence-corrected chi connectivity index (χ0v) is 8.82. The Morgan fingerprint density at radius 3 is 2.47 bits per heavy atom. The molecule has 1 rings (SSSR count). The number of hydrogen-bond acceptors (Lipinski definition) is 4. The molecule has 0 spiro atoms. The molecular weight excluding hydrogens is 200 g/mol. The summed E-state index contributed by atoms with van der Waals surface area (Å²) in [6, 6.07) is 0. The second-order valence-corrected chi connectivity index (χ2v) is 3.68. The summed E-state index contributed by atoms with van der Waals surface area (Å²) < 4.78 is 10.1. The molecule has 5 heteroatoms. The van der Waals surface area contributed by atoms with Gasteiger partial charge >= 0.3 is 11.9 Å². The molecule has 0 atom stereocenters. The van der Waals surface area contributed by atoms with E-state index in [9.17, 15) is 9.59 Å². The van der Waals surface area contributed by atoms with Crippen LogP contribution in [0.3, 0.4) is 0 Å². The van der Waals surface area contributed by atoms with E-state index in [1.54, 1.807) is 6.92 Å². The number of carboxylic acid groups (broad SMARTS) is 1. The molecule has 1 aliphatic rings. The quantitative estimate of drug-likeness (QED) is 0.704. The van der Waals surface area contributed by atoms with Gasteiger partial charge in [0.15, 0.2) is 0 Å². The highest BCUT2D eigenvalue weighted by Crippen LogP contribution is 2.35. The first-order valence-electron chi connectivity index (χ1n) is 5.07. The summed E-state index contributed by atoms with van der Waals surface area (Å²) in [7, 11) is 0. The number of rotatable bonds is 4. The number of esters is 1. The summed E-state index contributed by atoms with van der Waals surface area (Å²) in [5.74, 6) is -1.37. The number of aliphatic carboxylic acids is 1. The van der Waals surface area contributed by atoms with Crippen molar-refractivity contribution in [1.82, 2.24) is 0 Å². The van der Waals surface area contributed by atoms with E-state index in [4.69, 9.17) is 14.6 Å². The third-order valence-electron chi connectivity index (χ3n) is 2.65. The Balaban J connectivity index is 2.74. The maximum Gasteiger partial charge on any atom is 0.312 e. The van der Waals surface area contributed by atoms with Crippen LogP contribution in [-0.4, -0.2) is 36.9 Å². The topological polar surface area (TPSA) is 72.8 Å². The molecule has 0 saturated carbocycles. The first-order chi connectivity index (χ1) is 7.10. The molecule has 1 fully saturated rings. The molecule has 0 radical (unpaired) electrons. The SMILES string of the molecule is CCOC(=O)C1(CC(=O)O)CCOCC1. The highest BCUT2D eigenvalue weighted by atomic mass is 16.5. The summed E-state index contributed by atoms with van der Waals surface area (Å²) in [6.07, 6.45) is 0.686. The van der Waals surface area contributed by atoms with Gasteiger partial charge in [-0.25, -0.2) is 0 Å². The lowest BCUT2D eigenvalue weighted by Crippen LogP contribution is -2.40. The van der Waals surface area contributed by atoms with Crippen LogP contribution in [-0.2, 0) is 19.1 Å². The molecule has 0 aromatic rings. The Kier molecular flexibility index (Phi) is 4.08. The van der Waals surface area contributed by atoms with Crippen molar-refractivity contribution in [1.29, 1.82) is 0 Å². The van der Waals surface area contributed by atoms with Gasteiger partial charge < -0.3 is 14.6 Å². The average Bonchev–Trinajstić information content (AvgIpc) is 2.18. The van der Waals surface area contributed by atoms with Gasteiger partial charge in [-0.05, 0) is 19.8 Å². The average molecular weight is 216 g/mol. The Morgan fingerprint density at radius 1 is 1.40 bits per heavy atom. The summed E-state index contributed by atoms with van der Waals surface area (Å²) >= 11 is 0. The first-order valence-corrected chi connectivity index (χ1v) is 5.07. The molecule has 0 unspecified atom stereocenters. The molecule has 0 amide bonds. The van der Waals surface area contributed by atoms with Crippen LogP contribution in [0.4, 0.5) is 0 Å². The van der Waals surface area contributed by atoms with Crippen LogP contribution in [0.25, 0.3) is 0 Å². The van der Waals surface area contributed by atoms with Crippen LogP contribution >= 0.6 is 0 Å². The fraction of sp³-hybridized carbons (Fsp3) is 0.800. The predicted octanol–water partition coefficient (Wildman–Crippen LogP) is 0.821. The van der Waals surface area contributed by atoms with Gasteiger partial charge in [-0.3, -0.25) is 9.59 Å². The third kappa shape index (κ3) is 2.92. The van der Waals surface area contributed by atoms with E-state index in [-0.39, 0.29) is 13.0 Å². The number of carbonyl (C=O) groups excluding carboxylic acids is 1. The minimum atomic E-state index is -0.968. The zero-order chi connectivity index (χ0) is 11.3. The van der Waals surface area contributed by atoms with Crippen molar-refractivity contribution >= 4 is 11.9 Å². The van der Waals surface area contributed by atoms with Gasteiger partial charge in [-0.15, -0.1) is 0 Å². The Morgan fingerprint density at radius 2 is 2.00 bits per heavy atom. The molecule has 0 aliphatic carbocycles. The minimum absolute atomic E-state index is 0.171. The van der Waals surface area contributed by atoms with E-state index < -0.39 is 17.4 Å². The number of carbonyl (C=O) groups is 2. The molecule has 0 aromatic heterocycles. The number of ether oxygens (including phenoxy) is 2. The molecule has 0 bridgehead atoms. The maximum atomic E-state index is 11.7. The van der Waals surface area contributed by atoms with Gasteiger partial charge in [0.2, 0.25) is 0 Å². The second-order valence-electron chi connectivity index (χ2n) is 3.68. The van der Waals surface area contributed by atoms with Crippen LogP contribution in [0.15, 0.2) is 0 Å². The molecule has 0 aromatic carbocycles. The van der Waals surface area contributed by atoms with Gasteiger partial charge in [-0.1, -0.05) is 0 Å². The summed E-state index contributed by atoms with van der Waals surface area (Å²) in [5.41, 5.74) is -0.875. The van der Waals surface area contributed by atoms with Crippen molar-refractivity contribution < 1.29 is 24.2 Å². The van der Waals surface area contributed by atoms with E-state index in [1.165, 1.54) is 0 Å². The van der Waals surface area contributed by atoms with Gasteiger partial charge in [0, 0.05) is 13.2 Å². The van der Waals surface area contributed by atoms with Crippen molar-refractivity contribution in [3.63, 3.8) is 0 Å². The molecule has 1 saturated heterocycles. The molecular formula is C10H16O5. The molecule has 1 aliphatic heterocycles. The van der Waals surface area contributed by atoms with E-state index in [0.717, 1.165) is 0 Å². The van der Waals surface area contributed by atoms with E-state index in [0.29, 0.717) is 26.1 Å². The Bertz CT molecular complexity index is 242. The monoisotopic (exact) mass is 216 g/mol. The van der Waals surface area contributed by atoms with E-state index >= 15 is 0 Å².